The molecule has 0 aliphatic heterocycles. The molecule has 18 heteroatoms. The zero-order chi connectivity index (χ0) is 38.9. The van der Waals surface area contributed by atoms with Gasteiger partial charge in [-0.25, -0.2) is 0 Å². The van der Waals surface area contributed by atoms with Gasteiger partial charge in [0.05, 0.1) is 11.4 Å². The maximum absolute atomic E-state index is 13.0. The standard InChI is InChI=1S/C36H26N4O12S2/c41-27-15-17-29(53(47,48)49)23-3-1-5-25(31(23)27)39-33(43)19-7-11-21(12-8-19)37-35(45)36(46)38-22-13-9-20(10-14-22)34(44)40-26-6-2-4-24-30(54(50,51)52)18-16-28(42)32(24)26/h1-18,41-42H,(H,37,45)(H,38,46)(H,39,43)(H,40,44)(H,47,48,49)(H,50,51,52). The van der Waals surface area contributed by atoms with Crippen LogP contribution in [0.2, 0.25) is 0 Å². The highest BCUT2D eigenvalue weighted by Crippen LogP contribution is 2.37. The molecule has 0 aliphatic carbocycles. The van der Waals surface area contributed by atoms with Crippen LogP contribution in [0.15, 0.2) is 119 Å². The van der Waals surface area contributed by atoms with Crippen molar-refractivity contribution in [2.75, 3.05) is 21.3 Å². The zero-order valence-electron chi connectivity index (χ0n) is 27.3. The molecule has 0 radical (unpaired) electrons. The summed E-state index contributed by atoms with van der Waals surface area (Å²) in [6.45, 7) is 0. The van der Waals surface area contributed by atoms with Crippen molar-refractivity contribution >= 4 is 88.2 Å². The van der Waals surface area contributed by atoms with Gasteiger partial charge < -0.3 is 31.5 Å². The van der Waals surface area contributed by atoms with Crippen molar-refractivity contribution in [2.24, 2.45) is 0 Å². The highest BCUT2D eigenvalue weighted by molar-refractivity contribution is 7.86. The molecule has 4 amide bonds. The van der Waals surface area contributed by atoms with E-state index in [-0.39, 0.29) is 66.9 Å². The molecule has 0 aromatic heterocycles. The van der Waals surface area contributed by atoms with Gasteiger partial charge >= 0.3 is 11.8 Å². The van der Waals surface area contributed by atoms with Gasteiger partial charge in [0.15, 0.2) is 0 Å². The number of nitrogens with one attached hydrogen (secondary N) is 4. The predicted octanol–water partition coefficient (Wildman–Crippen LogP) is 4.98. The molecule has 0 spiro atoms. The quantitative estimate of drug-likeness (QED) is 0.0753. The third-order valence-corrected chi connectivity index (χ3v) is 9.85. The molecule has 0 fully saturated rings. The molecule has 0 atom stereocenters. The molecule has 274 valence electrons. The summed E-state index contributed by atoms with van der Waals surface area (Å²) in [5, 5.41) is 30.6. The summed E-state index contributed by atoms with van der Waals surface area (Å²) in [7, 11) is -9.27. The zero-order valence-corrected chi connectivity index (χ0v) is 28.9. The number of amides is 4. The van der Waals surface area contributed by atoms with Crippen LogP contribution in [0.3, 0.4) is 0 Å². The van der Waals surface area contributed by atoms with E-state index in [1.54, 1.807) is 0 Å². The average Bonchev–Trinajstić information content (AvgIpc) is 3.11. The molecule has 0 saturated carbocycles. The molecule has 6 rings (SSSR count). The summed E-state index contributed by atoms with van der Waals surface area (Å²) in [5.74, 6) is -4.12. The molecular formula is C36H26N4O12S2. The van der Waals surface area contributed by atoms with Crippen LogP contribution in [0, 0.1) is 0 Å². The first-order valence-corrected chi connectivity index (χ1v) is 18.3. The van der Waals surface area contributed by atoms with Crippen LogP contribution in [0.1, 0.15) is 20.7 Å². The molecule has 0 aliphatic rings. The Morgan fingerprint density at radius 3 is 1.13 bits per heavy atom. The minimum Gasteiger partial charge on any atom is -0.507 e. The number of carbonyl (C=O) groups excluding carboxylic acids is 4. The van der Waals surface area contributed by atoms with Crippen molar-refractivity contribution in [1.82, 2.24) is 0 Å². The van der Waals surface area contributed by atoms with Crippen LogP contribution in [-0.4, -0.2) is 59.8 Å². The van der Waals surface area contributed by atoms with Crippen LogP contribution >= 0.6 is 0 Å². The van der Waals surface area contributed by atoms with Crippen LogP contribution < -0.4 is 21.3 Å². The third-order valence-electron chi connectivity index (χ3n) is 8.03. The number of rotatable bonds is 8. The van der Waals surface area contributed by atoms with E-state index >= 15 is 0 Å². The lowest BCUT2D eigenvalue weighted by molar-refractivity contribution is -0.132. The summed E-state index contributed by atoms with van der Waals surface area (Å²) < 4.78 is 66.3. The number of hydrogen-bond donors (Lipinski definition) is 8. The molecule has 0 saturated heterocycles. The molecule has 54 heavy (non-hydrogen) atoms. The summed E-state index contributed by atoms with van der Waals surface area (Å²) in [6, 6.07) is 23.4. The van der Waals surface area contributed by atoms with Crippen LogP contribution in [0.4, 0.5) is 22.7 Å². The first-order valence-electron chi connectivity index (χ1n) is 15.4. The van der Waals surface area contributed by atoms with Crippen molar-refractivity contribution in [3.8, 4) is 11.5 Å². The van der Waals surface area contributed by atoms with E-state index < -0.39 is 53.7 Å². The fourth-order valence-corrected chi connectivity index (χ4v) is 6.93. The van der Waals surface area contributed by atoms with Crippen molar-refractivity contribution in [1.29, 1.82) is 0 Å². The largest absolute Gasteiger partial charge is 0.507 e. The molecule has 0 unspecified atom stereocenters. The maximum atomic E-state index is 13.0. The van der Waals surface area contributed by atoms with E-state index in [4.69, 9.17) is 0 Å². The molecule has 0 heterocycles. The molecule has 6 aromatic carbocycles. The highest BCUT2D eigenvalue weighted by atomic mass is 32.2. The second kappa shape index (κ2) is 14.3. The molecule has 6 aromatic rings. The molecule has 8 N–H and O–H groups in total. The third kappa shape index (κ3) is 7.66. The van der Waals surface area contributed by atoms with E-state index in [0.29, 0.717) is 0 Å². The summed E-state index contributed by atoms with van der Waals surface area (Å²) in [5.41, 5.74) is 0.633. The minimum atomic E-state index is -4.64. The number of phenols is 2. The van der Waals surface area contributed by atoms with Gasteiger partial charge in [0.1, 0.15) is 21.3 Å². The Bertz CT molecular complexity index is 2560. The summed E-state index contributed by atoms with van der Waals surface area (Å²) >= 11 is 0. The Balaban J connectivity index is 1.07. The van der Waals surface area contributed by atoms with Crippen molar-refractivity contribution < 1.29 is 55.3 Å². The van der Waals surface area contributed by atoms with Gasteiger partial charge in [-0.2, -0.15) is 16.8 Å². The normalized spacial score (nSPS) is 11.5. The predicted molar refractivity (Wildman–Crippen MR) is 197 cm³/mol. The fraction of sp³-hybridized carbons (Fsp3) is 0. The van der Waals surface area contributed by atoms with E-state index in [9.17, 15) is 55.3 Å². The fourth-order valence-electron chi connectivity index (χ4n) is 5.56. The van der Waals surface area contributed by atoms with Gasteiger partial charge in [-0.05, 0) is 84.9 Å². The number of carbonyl (C=O) groups is 4. The van der Waals surface area contributed by atoms with Gasteiger partial charge in [0.25, 0.3) is 32.1 Å². The summed E-state index contributed by atoms with van der Waals surface area (Å²) in [4.78, 5) is 50.3. The lowest BCUT2D eigenvalue weighted by Gasteiger charge is -2.13. The van der Waals surface area contributed by atoms with Crippen molar-refractivity contribution in [2.45, 2.75) is 9.79 Å². The van der Waals surface area contributed by atoms with E-state index in [2.05, 4.69) is 21.3 Å². The second-order valence-corrected chi connectivity index (χ2v) is 14.3. The Morgan fingerprint density at radius 2 is 0.796 bits per heavy atom. The van der Waals surface area contributed by atoms with Gasteiger partial charge in [0.2, 0.25) is 0 Å². The highest BCUT2D eigenvalue weighted by Gasteiger charge is 2.21. The number of anilines is 4. The lowest BCUT2D eigenvalue weighted by Crippen LogP contribution is -2.29. The average molecular weight is 771 g/mol. The lowest BCUT2D eigenvalue weighted by atomic mass is 10.1. The minimum absolute atomic E-state index is 0.0185. The van der Waals surface area contributed by atoms with Gasteiger partial charge in [-0.1, -0.05) is 24.3 Å². The van der Waals surface area contributed by atoms with Crippen LogP contribution in [0.5, 0.6) is 11.5 Å². The first-order chi connectivity index (χ1) is 25.5. The van der Waals surface area contributed by atoms with E-state index in [1.165, 1.54) is 84.9 Å². The topological polar surface area (TPSA) is 266 Å². The Kier molecular flexibility index (Phi) is 9.76. The maximum Gasteiger partial charge on any atom is 0.314 e. The van der Waals surface area contributed by atoms with Crippen molar-refractivity contribution in [3.05, 3.63) is 120 Å². The smallest absolute Gasteiger partial charge is 0.314 e. The van der Waals surface area contributed by atoms with E-state index in [0.717, 1.165) is 24.3 Å². The molecule has 0 bridgehead atoms. The van der Waals surface area contributed by atoms with Crippen LogP contribution in [0.25, 0.3) is 21.5 Å². The number of benzene rings is 6. The van der Waals surface area contributed by atoms with Gasteiger partial charge in [-0.3, -0.25) is 28.3 Å². The van der Waals surface area contributed by atoms with E-state index in [1.807, 2.05) is 0 Å². The number of aromatic hydroxyl groups is 2. The Labute approximate surface area is 305 Å². The van der Waals surface area contributed by atoms with Crippen LogP contribution in [-0.2, 0) is 29.8 Å². The molecular weight excluding hydrogens is 745 g/mol. The second-order valence-electron chi connectivity index (χ2n) is 11.5. The van der Waals surface area contributed by atoms with Crippen molar-refractivity contribution in [3.63, 3.8) is 0 Å². The number of hydrogen-bond acceptors (Lipinski definition) is 10. The first kappa shape index (κ1) is 36.9. The summed E-state index contributed by atoms with van der Waals surface area (Å²) in [6.07, 6.45) is 0. The molecule has 16 nitrogen and oxygen atoms in total. The van der Waals surface area contributed by atoms with Gasteiger partial charge in [-0.15, -0.1) is 0 Å². The Morgan fingerprint density at radius 1 is 0.444 bits per heavy atom. The number of fused-ring (bicyclic) bond motifs is 2. The monoisotopic (exact) mass is 770 g/mol. The number of phenolic OH excluding ortho intramolecular Hbond substituents is 2. The van der Waals surface area contributed by atoms with Gasteiger partial charge in [0, 0.05) is 44.0 Å². The Hall–Kier alpha value is -6.86. The SMILES string of the molecule is O=C(Nc1ccc(C(=O)Nc2cccc3c(S(=O)(=O)O)ccc(O)c23)cc1)C(=O)Nc1ccc(C(=O)Nc2cccc3c(S(=O)(=O)O)ccc(O)c23)cc1.